The Bertz CT molecular complexity index is 154. The van der Waals surface area contributed by atoms with E-state index in [9.17, 15) is 4.79 Å². The van der Waals surface area contributed by atoms with Crippen LogP contribution in [0.15, 0.2) is 0 Å². The number of carbonyl (C=O) groups is 1. The second-order valence-electron chi connectivity index (χ2n) is 3.98. The van der Waals surface area contributed by atoms with E-state index in [1.807, 2.05) is 21.6 Å². The van der Waals surface area contributed by atoms with Gasteiger partial charge in [0.15, 0.2) is 0 Å². The van der Waals surface area contributed by atoms with E-state index in [2.05, 4.69) is 13.8 Å². The maximum atomic E-state index is 10.6. The average Bonchev–Trinajstić information content (AvgIpc) is 2.66. The van der Waals surface area contributed by atoms with Gasteiger partial charge in [-0.15, -0.1) is 0 Å². The minimum Gasteiger partial charge on any atom is -0.300 e. The topological polar surface area (TPSA) is 17.1 Å². The van der Waals surface area contributed by atoms with Gasteiger partial charge < -0.3 is 4.79 Å². The molecule has 0 spiro atoms. The fourth-order valence-electron chi connectivity index (χ4n) is 1.31. The lowest BCUT2D eigenvalue weighted by Gasteiger charge is -2.05. The number of Topliss-reactive ketones (excluding diaryl/α,β-unsaturated/α-hetero) is 1. The van der Waals surface area contributed by atoms with Gasteiger partial charge in [-0.2, -0.15) is 0 Å². The van der Waals surface area contributed by atoms with Crippen molar-refractivity contribution in [3.8, 4) is 0 Å². The summed E-state index contributed by atoms with van der Waals surface area (Å²) in [5, 5.41) is 0.877. The monoisotopic (exact) mass is 248 g/mol. The standard InChI is InChI=1S/C9H16OS2.C3H8/c1-8(10)4-2-3-5-9-6-7-11-12-9;1-3-2/h9H,2-7H2,1H3;3H2,1-2H3/t9-;/m1./s1. The first-order chi connectivity index (χ1) is 7.20. The second kappa shape index (κ2) is 10.9. The second-order valence-corrected chi connectivity index (χ2v) is 6.77. The molecule has 0 N–H and O–H groups in total. The summed E-state index contributed by atoms with van der Waals surface area (Å²) in [6.07, 6.45) is 7.04. The molecule has 0 aliphatic carbocycles. The average molecular weight is 248 g/mol. The van der Waals surface area contributed by atoms with E-state index < -0.39 is 0 Å². The van der Waals surface area contributed by atoms with Crippen molar-refractivity contribution < 1.29 is 4.79 Å². The molecule has 1 aliphatic rings. The third kappa shape index (κ3) is 10.6. The van der Waals surface area contributed by atoms with Crippen molar-refractivity contribution >= 4 is 27.4 Å². The number of hydrogen-bond donors (Lipinski definition) is 0. The summed E-state index contributed by atoms with van der Waals surface area (Å²) in [6.45, 7) is 5.93. The van der Waals surface area contributed by atoms with E-state index in [0.29, 0.717) is 5.78 Å². The zero-order chi connectivity index (χ0) is 11.5. The maximum absolute atomic E-state index is 10.6. The van der Waals surface area contributed by atoms with Crippen molar-refractivity contribution in [1.29, 1.82) is 0 Å². The molecule has 15 heavy (non-hydrogen) atoms. The highest BCUT2D eigenvalue weighted by Crippen LogP contribution is 2.39. The van der Waals surface area contributed by atoms with Gasteiger partial charge in [0.2, 0.25) is 0 Å². The molecule has 0 saturated carbocycles. The molecular weight excluding hydrogens is 224 g/mol. The molecule has 0 aromatic rings. The molecule has 1 heterocycles. The van der Waals surface area contributed by atoms with Crippen LogP contribution in [0.5, 0.6) is 0 Å². The lowest BCUT2D eigenvalue weighted by molar-refractivity contribution is -0.117. The molecule has 0 aromatic carbocycles. The molecule has 3 heteroatoms. The molecule has 0 amide bonds. The van der Waals surface area contributed by atoms with Crippen LogP contribution in [0.4, 0.5) is 0 Å². The molecular formula is C12H24OS2. The van der Waals surface area contributed by atoms with E-state index >= 15 is 0 Å². The first-order valence-electron chi connectivity index (χ1n) is 5.98. The molecule has 1 nitrogen and oxygen atoms in total. The first kappa shape index (κ1) is 15.4. The Morgan fingerprint density at radius 1 is 1.33 bits per heavy atom. The molecule has 0 aromatic heterocycles. The zero-order valence-electron chi connectivity index (χ0n) is 10.3. The van der Waals surface area contributed by atoms with E-state index in [-0.39, 0.29) is 0 Å². The predicted octanol–water partition coefficient (Wildman–Crippen LogP) is 4.71. The van der Waals surface area contributed by atoms with Gasteiger partial charge in [0.05, 0.1) is 0 Å². The van der Waals surface area contributed by atoms with Crippen LogP contribution in [0.3, 0.4) is 0 Å². The highest BCUT2D eigenvalue weighted by molar-refractivity contribution is 8.77. The third-order valence-corrected chi connectivity index (χ3v) is 5.04. The lowest BCUT2D eigenvalue weighted by Crippen LogP contribution is -1.98. The van der Waals surface area contributed by atoms with Gasteiger partial charge in [0.1, 0.15) is 5.78 Å². The minimum atomic E-state index is 0.337. The number of hydrogen-bond acceptors (Lipinski definition) is 3. The summed E-state index contributed by atoms with van der Waals surface area (Å²) in [6, 6.07) is 0. The summed E-state index contributed by atoms with van der Waals surface area (Å²) in [4.78, 5) is 10.6. The van der Waals surface area contributed by atoms with Crippen molar-refractivity contribution in [3.05, 3.63) is 0 Å². The lowest BCUT2D eigenvalue weighted by atomic mass is 10.1. The molecule has 0 unspecified atom stereocenters. The van der Waals surface area contributed by atoms with Gasteiger partial charge in [-0.25, -0.2) is 0 Å². The fraction of sp³-hybridized carbons (Fsp3) is 0.917. The molecule has 0 bridgehead atoms. The van der Waals surface area contributed by atoms with Crippen LogP contribution in [0.25, 0.3) is 0 Å². The summed E-state index contributed by atoms with van der Waals surface area (Å²) in [7, 11) is 4.03. The smallest absolute Gasteiger partial charge is 0.129 e. The Labute approximate surface area is 103 Å². The number of rotatable bonds is 5. The summed E-state index contributed by atoms with van der Waals surface area (Å²) >= 11 is 0. The van der Waals surface area contributed by atoms with Crippen LogP contribution in [0.1, 0.15) is 59.3 Å². The Kier molecular flexibility index (Phi) is 11.1. The molecule has 1 atom stereocenters. The molecule has 0 radical (unpaired) electrons. The van der Waals surface area contributed by atoms with Crippen molar-refractivity contribution in [1.82, 2.24) is 0 Å². The molecule has 90 valence electrons. The van der Waals surface area contributed by atoms with Crippen LogP contribution < -0.4 is 0 Å². The third-order valence-electron chi connectivity index (χ3n) is 2.03. The number of unbranched alkanes of at least 4 members (excludes halogenated alkanes) is 1. The summed E-state index contributed by atoms with van der Waals surface area (Å²) in [5.74, 6) is 1.66. The van der Waals surface area contributed by atoms with Crippen LogP contribution in [-0.2, 0) is 4.79 Å². The molecule has 1 rings (SSSR count). The normalized spacial score (nSPS) is 19.5. The Morgan fingerprint density at radius 3 is 2.47 bits per heavy atom. The highest BCUT2D eigenvalue weighted by Gasteiger charge is 2.15. The molecule has 1 saturated heterocycles. The zero-order valence-corrected chi connectivity index (χ0v) is 11.9. The van der Waals surface area contributed by atoms with E-state index in [0.717, 1.165) is 18.1 Å². The Balaban J connectivity index is 0.000000583. The van der Waals surface area contributed by atoms with E-state index in [1.54, 1.807) is 6.92 Å². The quantitative estimate of drug-likeness (QED) is 0.518. The number of ketones is 1. The Hall–Kier alpha value is 0.370. The molecule has 1 aliphatic heterocycles. The largest absolute Gasteiger partial charge is 0.300 e. The van der Waals surface area contributed by atoms with Crippen LogP contribution in [0.2, 0.25) is 0 Å². The van der Waals surface area contributed by atoms with Gasteiger partial charge in [0, 0.05) is 17.4 Å². The van der Waals surface area contributed by atoms with Crippen LogP contribution in [-0.4, -0.2) is 16.8 Å². The van der Waals surface area contributed by atoms with Crippen LogP contribution in [0, 0.1) is 0 Å². The van der Waals surface area contributed by atoms with Crippen molar-refractivity contribution in [2.75, 3.05) is 5.75 Å². The van der Waals surface area contributed by atoms with Crippen molar-refractivity contribution in [2.45, 2.75) is 64.5 Å². The Morgan fingerprint density at radius 2 is 2.00 bits per heavy atom. The van der Waals surface area contributed by atoms with Gasteiger partial charge in [-0.3, -0.25) is 0 Å². The maximum Gasteiger partial charge on any atom is 0.129 e. The van der Waals surface area contributed by atoms with Gasteiger partial charge >= 0.3 is 0 Å². The van der Waals surface area contributed by atoms with Gasteiger partial charge in [0.25, 0.3) is 0 Å². The van der Waals surface area contributed by atoms with Gasteiger partial charge in [-0.05, 0) is 26.2 Å². The van der Waals surface area contributed by atoms with E-state index in [4.69, 9.17) is 0 Å². The van der Waals surface area contributed by atoms with Gasteiger partial charge in [-0.1, -0.05) is 48.3 Å². The highest BCUT2D eigenvalue weighted by atomic mass is 33.1. The number of carbonyl (C=O) groups excluding carboxylic acids is 1. The van der Waals surface area contributed by atoms with E-state index in [1.165, 1.54) is 31.4 Å². The molecule has 1 fully saturated rings. The van der Waals surface area contributed by atoms with Crippen molar-refractivity contribution in [3.63, 3.8) is 0 Å². The van der Waals surface area contributed by atoms with Crippen LogP contribution >= 0.6 is 21.6 Å². The summed E-state index contributed by atoms with van der Waals surface area (Å²) in [5.41, 5.74) is 0. The van der Waals surface area contributed by atoms with Crippen molar-refractivity contribution in [2.24, 2.45) is 0 Å². The first-order valence-corrected chi connectivity index (χ1v) is 8.36. The minimum absolute atomic E-state index is 0.337. The predicted molar refractivity (Wildman–Crippen MR) is 73.6 cm³/mol. The SMILES string of the molecule is CC(=O)CCCC[C@@H]1CCSS1.CCC. The fourth-order valence-corrected chi connectivity index (χ4v) is 4.34. The summed E-state index contributed by atoms with van der Waals surface area (Å²) < 4.78 is 0.